The minimum Gasteiger partial charge on any atom is -0.391 e. The van der Waals surface area contributed by atoms with E-state index in [1.165, 1.54) is 20.8 Å². The van der Waals surface area contributed by atoms with Crippen LogP contribution >= 0.6 is 0 Å². The molecule has 0 spiro atoms. The Kier molecular flexibility index (Phi) is 40.7. The first-order valence-electron chi connectivity index (χ1n) is 29.1. The molecule has 0 saturated carbocycles. The van der Waals surface area contributed by atoms with Gasteiger partial charge in [-0.2, -0.15) is 0 Å². The Balaban J connectivity index is 7.19. The number of nitrogens with one attached hydrogen (secondary N) is 9. The minimum absolute atomic E-state index is 0.00290. The van der Waals surface area contributed by atoms with Crippen molar-refractivity contribution in [2.75, 3.05) is 45.8 Å². The van der Waals surface area contributed by atoms with Gasteiger partial charge >= 0.3 is 0 Å². The van der Waals surface area contributed by atoms with Crippen molar-refractivity contribution in [2.45, 2.75) is 190 Å². The fourth-order valence-electron chi connectivity index (χ4n) is 8.34. The van der Waals surface area contributed by atoms with Gasteiger partial charge in [0.05, 0.1) is 6.10 Å². The minimum atomic E-state index is -1.53. The first-order valence-corrected chi connectivity index (χ1v) is 29.1. The van der Waals surface area contributed by atoms with Crippen LogP contribution in [0.1, 0.15) is 130 Å². The lowest BCUT2D eigenvalue weighted by atomic mass is 10.0. The number of aliphatic hydroxyl groups is 1. The molecule has 0 aliphatic carbocycles. The zero-order valence-corrected chi connectivity index (χ0v) is 50.5. The smallest absolute Gasteiger partial charge is 0.243 e. The van der Waals surface area contributed by atoms with E-state index in [1.54, 1.807) is 0 Å². The molecule has 0 saturated heterocycles. The lowest BCUT2D eigenvalue weighted by molar-refractivity contribution is -0.136. The molecule has 496 valence electrons. The average molecular weight is 1240 g/mol. The molecule has 0 fully saturated rings. The van der Waals surface area contributed by atoms with Gasteiger partial charge in [-0.15, -0.1) is 0 Å². The molecule has 0 heterocycles. The van der Waals surface area contributed by atoms with Gasteiger partial charge in [-0.1, -0.05) is 0 Å². The van der Waals surface area contributed by atoms with E-state index in [-0.39, 0.29) is 134 Å². The molecule has 10 amide bonds. The number of carbonyl (C=O) groups is 10. The summed E-state index contributed by atoms with van der Waals surface area (Å²) in [5.74, 6) is -9.16. The number of aliphatic hydroxyl groups excluding tert-OH is 1. The van der Waals surface area contributed by atoms with Crippen LogP contribution < -0.4 is 117 Å². The Morgan fingerprint density at radius 2 is 0.563 bits per heavy atom. The summed E-state index contributed by atoms with van der Waals surface area (Å²) in [6, 6.07) is -12.1. The van der Waals surface area contributed by atoms with Gasteiger partial charge in [0.15, 0.2) is 23.8 Å². The van der Waals surface area contributed by atoms with Crippen molar-refractivity contribution >= 4 is 82.9 Å². The number of aliphatic imine (C=N–C) groups is 4. The number of nitrogens with zero attached hydrogens (tertiary/aromatic N) is 4. The van der Waals surface area contributed by atoms with Gasteiger partial charge in [-0.25, -0.2) is 0 Å². The van der Waals surface area contributed by atoms with Crippen LogP contribution in [0.5, 0.6) is 0 Å². The summed E-state index contributed by atoms with van der Waals surface area (Å²) in [5, 5.41) is 33.5. The summed E-state index contributed by atoms with van der Waals surface area (Å²) in [4.78, 5) is 152. The van der Waals surface area contributed by atoms with Crippen LogP contribution in [0.25, 0.3) is 0 Å². The molecule has 0 aromatic rings. The summed E-state index contributed by atoms with van der Waals surface area (Å²) in [6.07, 6.45) is 1.18. The number of hydrogen-bond donors (Lipinski definition) is 22. The van der Waals surface area contributed by atoms with Crippen molar-refractivity contribution in [3.63, 3.8) is 0 Å². The van der Waals surface area contributed by atoms with E-state index in [1.807, 2.05) is 0 Å². The van der Waals surface area contributed by atoms with Gasteiger partial charge in [0.25, 0.3) is 0 Å². The van der Waals surface area contributed by atoms with E-state index in [9.17, 15) is 53.1 Å². The molecular weight excluding hydrogens is 1140 g/mol. The third-order valence-corrected chi connectivity index (χ3v) is 13.0. The predicted octanol–water partition coefficient (Wildman–Crippen LogP) is -9.14. The van der Waals surface area contributed by atoms with Crippen LogP contribution in [-0.2, 0) is 47.9 Å². The molecule has 0 aromatic heterocycles. The van der Waals surface area contributed by atoms with Crippen molar-refractivity contribution in [2.24, 2.45) is 88.8 Å². The monoisotopic (exact) mass is 1240 g/mol. The quantitative estimate of drug-likeness (QED) is 0.0153. The molecule has 36 nitrogen and oxygen atoms in total. The van der Waals surface area contributed by atoms with Gasteiger partial charge < -0.3 is 122 Å². The maximum Gasteiger partial charge on any atom is 0.243 e. The van der Waals surface area contributed by atoms with Crippen LogP contribution in [-0.4, -0.2) is 194 Å². The molecule has 0 aliphatic rings. The highest BCUT2D eigenvalue weighted by Crippen LogP contribution is 2.12. The molecule has 87 heavy (non-hydrogen) atoms. The largest absolute Gasteiger partial charge is 0.391 e. The number of primary amides is 1. The van der Waals surface area contributed by atoms with Crippen molar-refractivity contribution in [3.05, 3.63) is 0 Å². The van der Waals surface area contributed by atoms with E-state index in [0.717, 1.165) is 0 Å². The molecule has 36 heteroatoms. The van der Waals surface area contributed by atoms with Crippen molar-refractivity contribution in [3.8, 4) is 0 Å². The second kappa shape index (κ2) is 45.0. The van der Waals surface area contributed by atoms with Crippen molar-refractivity contribution < 1.29 is 53.1 Å². The van der Waals surface area contributed by atoms with Crippen LogP contribution in [0.3, 0.4) is 0 Å². The number of rotatable bonds is 47. The zero-order valence-electron chi connectivity index (χ0n) is 50.5. The third-order valence-electron chi connectivity index (χ3n) is 13.0. The highest BCUT2D eigenvalue weighted by molar-refractivity contribution is 5.98. The average Bonchev–Trinajstić information content (AvgIpc) is 3.42. The van der Waals surface area contributed by atoms with E-state index >= 15 is 0 Å². The van der Waals surface area contributed by atoms with Gasteiger partial charge in [0.1, 0.15) is 54.4 Å². The normalized spacial score (nSPS) is 14.3. The standard InChI is InChI=1S/C51H101N25O11/c1-28(68-41(81)31(69-30(3)78)17-10-24-64-48(56)57)40(80)70-32(14-4-7-21-52)42(82)73-36(19-12-26-66-50(60)61)46(86)74-35(18-11-25-65-49(58)59)45(85)72-33(15-5-8-22-53)43(83)71-34(16-6-9-23-54)44(84)75-37(20-13-27-67-51(62)63)47(87)76-38(29(2)77)39(55)79/h28-29,31-38,77H,4-27,52-54H2,1-3H3,(H2,55,79)(H,68,81)(H,69,78)(H,70,80)(H,71,83)(H,72,85)(H,73,82)(H,74,86)(H,75,84)(H,76,87)(H4,56,57,64)(H4,58,59,65)(H4,60,61,66)(H4,62,63,67)/t28-,29+,31-,32-,33-,34-,35-,36-,37-,38-/m0/s1. The number of guanidine groups is 4. The summed E-state index contributed by atoms with van der Waals surface area (Å²) in [6.45, 7) is 4.67. The highest BCUT2D eigenvalue weighted by Gasteiger charge is 2.35. The molecule has 0 bridgehead atoms. The number of hydrogen-bond acceptors (Lipinski definition) is 18. The van der Waals surface area contributed by atoms with E-state index in [0.29, 0.717) is 44.9 Å². The Morgan fingerprint density at radius 3 is 0.793 bits per heavy atom. The molecule has 0 aromatic carbocycles. The molecule has 0 aliphatic heterocycles. The second-order valence-electron chi connectivity index (χ2n) is 20.6. The van der Waals surface area contributed by atoms with Gasteiger partial charge in [-0.05, 0) is 143 Å². The van der Waals surface area contributed by atoms with E-state index in [2.05, 4.69) is 67.8 Å². The predicted molar refractivity (Wildman–Crippen MR) is 328 cm³/mol. The van der Waals surface area contributed by atoms with Crippen molar-refractivity contribution in [1.29, 1.82) is 0 Å². The van der Waals surface area contributed by atoms with Crippen LogP contribution in [0, 0.1) is 0 Å². The fourth-order valence-corrected chi connectivity index (χ4v) is 8.34. The molecule has 0 unspecified atom stereocenters. The van der Waals surface area contributed by atoms with Crippen LogP contribution in [0.4, 0.5) is 0 Å². The number of nitrogens with two attached hydrogens (primary N) is 12. The molecule has 34 N–H and O–H groups in total. The number of carbonyl (C=O) groups excluding carboxylic acids is 10. The summed E-state index contributed by atoms with van der Waals surface area (Å²) < 4.78 is 0. The molecular formula is C51H101N25O11. The third kappa shape index (κ3) is 36.3. The Morgan fingerprint density at radius 1 is 0.333 bits per heavy atom. The lowest BCUT2D eigenvalue weighted by Crippen LogP contribution is -2.60. The van der Waals surface area contributed by atoms with E-state index in [4.69, 9.17) is 68.8 Å². The number of amides is 10. The van der Waals surface area contributed by atoms with Crippen LogP contribution in [0.15, 0.2) is 20.0 Å². The first kappa shape index (κ1) is 78.6. The summed E-state index contributed by atoms with van der Waals surface area (Å²) in [7, 11) is 0. The van der Waals surface area contributed by atoms with Gasteiger partial charge in [0, 0.05) is 33.1 Å². The molecule has 0 rings (SSSR count). The van der Waals surface area contributed by atoms with Crippen LogP contribution in [0.2, 0.25) is 0 Å². The fraction of sp³-hybridized carbons (Fsp3) is 0.725. The number of unbranched alkanes of at least 4 members (excludes halogenated alkanes) is 3. The first-order chi connectivity index (χ1) is 41.1. The zero-order chi connectivity index (χ0) is 66.0. The highest BCUT2D eigenvalue weighted by atomic mass is 16.3. The molecule has 10 atom stereocenters. The summed E-state index contributed by atoms with van der Waals surface area (Å²) in [5.41, 5.74) is 66.7. The Bertz CT molecular complexity index is 2290. The SMILES string of the molecule is CC(=O)N[C@@H](CCCN=C(N)N)C(=O)N[C@@H](C)C(=O)N[C@@H](CCCCN)C(=O)N[C@@H](CCCN=C(N)N)C(=O)N[C@@H](CCCN=C(N)N)C(=O)N[C@@H](CCCCN)C(=O)N[C@@H](CCCCN)C(=O)N[C@@H](CCCN=C(N)N)C(=O)N[C@H](C(N)=O)[C@@H](C)O. The van der Waals surface area contributed by atoms with Gasteiger partial charge in [0.2, 0.25) is 59.1 Å². The lowest BCUT2D eigenvalue weighted by Gasteiger charge is -2.28. The Labute approximate surface area is 507 Å². The van der Waals surface area contributed by atoms with E-state index < -0.39 is 120 Å². The topological polar surface area (TPSA) is 661 Å². The second-order valence-corrected chi connectivity index (χ2v) is 20.6. The van der Waals surface area contributed by atoms with Crippen molar-refractivity contribution in [1.82, 2.24) is 47.9 Å². The Hall–Kier alpha value is -8.38. The maximum absolute atomic E-state index is 14.6. The maximum atomic E-state index is 14.6. The van der Waals surface area contributed by atoms with Gasteiger partial charge in [-0.3, -0.25) is 67.9 Å². The molecule has 0 radical (unpaired) electrons. The summed E-state index contributed by atoms with van der Waals surface area (Å²) >= 11 is 0.